The number of nitrogens with zero attached hydrogens (tertiary/aromatic N) is 1. The zero-order chi connectivity index (χ0) is 13.9. The first-order valence-electron chi connectivity index (χ1n) is 5.76. The number of hydrogen-bond acceptors (Lipinski definition) is 3. The lowest BCUT2D eigenvalue weighted by molar-refractivity contribution is 0.105. The molecule has 0 aromatic heterocycles. The lowest BCUT2D eigenvalue weighted by atomic mass is 9.96. The van der Waals surface area contributed by atoms with Crippen LogP contribution in [0.3, 0.4) is 0 Å². The molecule has 96 valence electrons. The van der Waals surface area contributed by atoms with Crippen molar-refractivity contribution in [3.8, 4) is 17.7 Å². The second-order valence-electron chi connectivity index (χ2n) is 4.50. The van der Waals surface area contributed by atoms with E-state index in [1.807, 2.05) is 26.8 Å². The Bertz CT molecular complexity index is 534. The summed E-state index contributed by atoms with van der Waals surface area (Å²) in [5.41, 5.74) is 3.56. The van der Waals surface area contributed by atoms with Crippen molar-refractivity contribution in [1.82, 2.24) is 4.90 Å². The highest BCUT2D eigenvalue weighted by Crippen LogP contribution is 2.29. The van der Waals surface area contributed by atoms with Gasteiger partial charge < -0.3 is 9.64 Å². The molecule has 0 spiro atoms. The lowest BCUT2D eigenvalue weighted by Crippen LogP contribution is -2.08. The quantitative estimate of drug-likeness (QED) is 0.455. The molecule has 0 aliphatic rings. The summed E-state index contributed by atoms with van der Waals surface area (Å²) in [5, 5.41) is 0. The van der Waals surface area contributed by atoms with Crippen molar-refractivity contribution in [2.45, 2.75) is 20.8 Å². The predicted octanol–water partition coefficient (Wildman–Crippen LogP) is 2.33. The van der Waals surface area contributed by atoms with Gasteiger partial charge in [0.05, 0.1) is 12.7 Å². The van der Waals surface area contributed by atoms with Gasteiger partial charge in [0, 0.05) is 26.1 Å². The fraction of sp³-hybridized carbons (Fsp3) is 0.400. The molecule has 0 unspecified atom stereocenters. The van der Waals surface area contributed by atoms with E-state index in [1.165, 1.54) is 0 Å². The van der Waals surface area contributed by atoms with Crippen molar-refractivity contribution in [2.75, 3.05) is 21.2 Å². The van der Waals surface area contributed by atoms with Gasteiger partial charge in [0.2, 0.25) is 5.78 Å². The molecule has 0 saturated heterocycles. The standard InChI is InChI=1S/C15H19NO2/c1-10-9-11(2)14(15(18-6)12(10)3)13(17)7-8-16(4)5/h9H,1-6H3. The minimum atomic E-state index is -0.207. The molecule has 3 nitrogen and oxygen atoms in total. The Balaban J connectivity index is 3.37. The number of carbonyl (C=O) groups excluding carboxylic acids is 1. The van der Waals surface area contributed by atoms with Gasteiger partial charge >= 0.3 is 0 Å². The van der Waals surface area contributed by atoms with Crippen molar-refractivity contribution in [3.63, 3.8) is 0 Å². The van der Waals surface area contributed by atoms with E-state index in [-0.39, 0.29) is 5.78 Å². The minimum absolute atomic E-state index is 0.207. The molecule has 0 heterocycles. The molecule has 0 amide bonds. The van der Waals surface area contributed by atoms with Crippen LogP contribution >= 0.6 is 0 Å². The molecular formula is C15H19NO2. The number of methoxy groups -OCH3 is 1. The van der Waals surface area contributed by atoms with Crippen LogP contribution in [0.1, 0.15) is 27.0 Å². The van der Waals surface area contributed by atoms with Crippen LogP contribution in [-0.2, 0) is 0 Å². The molecule has 0 atom stereocenters. The second kappa shape index (κ2) is 5.59. The smallest absolute Gasteiger partial charge is 0.241 e. The normalized spacial score (nSPS) is 9.44. The molecule has 1 aromatic rings. The van der Waals surface area contributed by atoms with Crippen molar-refractivity contribution in [3.05, 3.63) is 28.3 Å². The highest BCUT2D eigenvalue weighted by atomic mass is 16.5. The third kappa shape index (κ3) is 2.84. The Morgan fingerprint density at radius 2 is 1.83 bits per heavy atom. The maximum absolute atomic E-state index is 12.1. The number of benzene rings is 1. The summed E-state index contributed by atoms with van der Waals surface area (Å²) in [6.07, 6.45) is 0. The first kappa shape index (κ1) is 14.1. The molecule has 0 N–H and O–H groups in total. The predicted molar refractivity (Wildman–Crippen MR) is 73.0 cm³/mol. The molecular weight excluding hydrogens is 226 g/mol. The number of ether oxygens (including phenoxy) is 1. The van der Waals surface area contributed by atoms with E-state index in [9.17, 15) is 4.79 Å². The lowest BCUT2D eigenvalue weighted by Gasteiger charge is -2.14. The maximum Gasteiger partial charge on any atom is 0.241 e. The highest BCUT2D eigenvalue weighted by Gasteiger charge is 2.17. The van der Waals surface area contributed by atoms with Gasteiger partial charge in [-0.15, -0.1) is 0 Å². The number of hydrogen-bond donors (Lipinski definition) is 0. The summed E-state index contributed by atoms with van der Waals surface area (Å²) in [5.74, 6) is 3.04. The van der Waals surface area contributed by atoms with Crippen LogP contribution in [0.5, 0.6) is 5.75 Å². The molecule has 0 saturated carbocycles. The SMILES string of the molecule is COc1c(C)c(C)cc(C)c1C(=O)C#CN(C)C. The fourth-order valence-electron chi connectivity index (χ4n) is 1.81. The zero-order valence-corrected chi connectivity index (χ0v) is 11.8. The van der Waals surface area contributed by atoms with E-state index in [4.69, 9.17) is 4.74 Å². The van der Waals surface area contributed by atoms with Crippen molar-refractivity contribution >= 4 is 5.78 Å². The van der Waals surface area contributed by atoms with E-state index in [2.05, 4.69) is 12.0 Å². The van der Waals surface area contributed by atoms with Crippen molar-refractivity contribution < 1.29 is 9.53 Å². The number of ketones is 1. The molecule has 18 heavy (non-hydrogen) atoms. The van der Waals surface area contributed by atoms with Gasteiger partial charge in [-0.05, 0) is 37.5 Å². The van der Waals surface area contributed by atoms with Crippen molar-refractivity contribution in [1.29, 1.82) is 0 Å². The Labute approximate surface area is 109 Å². The first-order valence-corrected chi connectivity index (χ1v) is 5.76. The van der Waals surface area contributed by atoms with Crippen LogP contribution in [0.15, 0.2) is 6.07 Å². The van der Waals surface area contributed by atoms with Gasteiger partial charge in [0.25, 0.3) is 0 Å². The first-order chi connectivity index (χ1) is 8.38. The molecule has 0 aliphatic carbocycles. The molecule has 0 fully saturated rings. The number of carbonyl (C=O) groups is 1. The number of aryl methyl sites for hydroxylation is 2. The Morgan fingerprint density at radius 3 is 2.33 bits per heavy atom. The van der Waals surface area contributed by atoms with Gasteiger partial charge in [0.1, 0.15) is 5.75 Å². The monoisotopic (exact) mass is 245 g/mol. The summed E-state index contributed by atoms with van der Waals surface area (Å²) in [6, 6.07) is 4.72. The van der Waals surface area contributed by atoms with Gasteiger partial charge in [-0.2, -0.15) is 0 Å². The third-order valence-corrected chi connectivity index (χ3v) is 2.81. The number of rotatable bonds is 2. The molecule has 1 aromatic carbocycles. The van der Waals surface area contributed by atoms with Gasteiger partial charge in [0.15, 0.2) is 0 Å². The van der Waals surface area contributed by atoms with Crippen LogP contribution in [0, 0.1) is 32.7 Å². The molecule has 1 rings (SSSR count). The van der Waals surface area contributed by atoms with Gasteiger partial charge in [-0.1, -0.05) is 6.07 Å². The molecule has 0 aliphatic heterocycles. The van der Waals surface area contributed by atoms with Gasteiger partial charge in [-0.25, -0.2) is 0 Å². The summed E-state index contributed by atoms with van der Waals surface area (Å²) in [6.45, 7) is 5.86. The molecule has 0 bridgehead atoms. The summed E-state index contributed by atoms with van der Waals surface area (Å²) in [4.78, 5) is 13.8. The average molecular weight is 245 g/mol. The van der Waals surface area contributed by atoms with E-state index >= 15 is 0 Å². The third-order valence-electron chi connectivity index (χ3n) is 2.81. The Kier molecular flexibility index (Phi) is 4.38. The summed E-state index contributed by atoms with van der Waals surface area (Å²) >= 11 is 0. The number of Topliss-reactive ketones (excluding diaryl/α,β-unsaturated/α-hetero) is 1. The van der Waals surface area contributed by atoms with E-state index in [0.717, 1.165) is 16.7 Å². The van der Waals surface area contributed by atoms with E-state index < -0.39 is 0 Å². The van der Waals surface area contributed by atoms with Crippen LogP contribution in [0.25, 0.3) is 0 Å². The zero-order valence-electron chi connectivity index (χ0n) is 11.8. The molecule has 3 heteroatoms. The summed E-state index contributed by atoms with van der Waals surface area (Å²) in [7, 11) is 5.17. The topological polar surface area (TPSA) is 29.5 Å². The van der Waals surface area contributed by atoms with Crippen LogP contribution in [-0.4, -0.2) is 31.9 Å². The Hall–Kier alpha value is -1.95. The van der Waals surface area contributed by atoms with Crippen molar-refractivity contribution in [2.24, 2.45) is 0 Å². The van der Waals surface area contributed by atoms with E-state index in [1.54, 1.807) is 26.1 Å². The highest BCUT2D eigenvalue weighted by molar-refractivity contribution is 6.12. The Morgan fingerprint density at radius 1 is 1.22 bits per heavy atom. The minimum Gasteiger partial charge on any atom is -0.496 e. The van der Waals surface area contributed by atoms with Crippen LogP contribution in [0.4, 0.5) is 0 Å². The summed E-state index contributed by atoms with van der Waals surface area (Å²) < 4.78 is 5.36. The second-order valence-corrected chi connectivity index (χ2v) is 4.50. The van der Waals surface area contributed by atoms with Crippen LogP contribution in [0.2, 0.25) is 0 Å². The van der Waals surface area contributed by atoms with Gasteiger partial charge in [-0.3, -0.25) is 4.79 Å². The van der Waals surface area contributed by atoms with Crippen LogP contribution < -0.4 is 4.74 Å². The average Bonchev–Trinajstić information content (AvgIpc) is 2.30. The largest absolute Gasteiger partial charge is 0.496 e. The fourth-order valence-corrected chi connectivity index (χ4v) is 1.81. The van der Waals surface area contributed by atoms with E-state index in [0.29, 0.717) is 11.3 Å². The maximum atomic E-state index is 12.1. The molecule has 0 radical (unpaired) electrons.